The molecule has 2 unspecified atom stereocenters. The normalized spacial score (nSPS) is 28.6. The molecule has 0 saturated carbocycles. The van der Waals surface area contributed by atoms with Crippen molar-refractivity contribution in [2.75, 3.05) is 6.73 Å². The van der Waals surface area contributed by atoms with Crippen LogP contribution in [0.1, 0.15) is 6.92 Å². The zero-order chi connectivity index (χ0) is 9.30. The summed E-state index contributed by atoms with van der Waals surface area (Å²) in [5.74, 6) is -0.170. The highest BCUT2D eigenvalue weighted by Crippen LogP contribution is 2.34. The van der Waals surface area contributed by atoms with E-state index in [4.69, 9.17) is 5.11 Å². The molecule has 1 aliphatic heterocycles. The molecule has 1 rings (SSSR count). The summed E-state index contributed by atoms with van der Waals surface area (Å²) in [6.07, 6.45) is 0. The fraction of sp³-hybridized carbons (Fsp3) is 0.667. The highest BCUT2D eigenvalue weighted by molar-refractivity contribution is 9.10. The van der Waals surface area contributed by atoms with Crippen molar-refractivity contribution >= 4 is 38.7 Å². The van der Waals surface area contributed by atoms with Gasteiger partial charge in [-0.15, -0.1) is 0 Å². The third-order valence-electron chi connectivity index (χ3n) is 1.52. The van der Waals surface area contributed by atoms with Gasteiger partial charge in [0.15, 0.2) is 5.12 Å². The average Bonchev–Trinajstić information content (AvgIpc) is 2.03. The molecule has 6 heteroatoms. The summed E-state index contributed by atoms with van der Waals surface area (Å²) in [7, 11) is 0. The molecule has 0 radical (unpaired) electrons. The van der Waals surface area contributed by atoms with Crippen LogP contribution in [0.4, 0.5) is 0 Å². The predicted molar refractivity (Wildman–Crippen MR) is 48.7 cm³/mol. The molecule has 2 atom stereocenters. The Kier molecular flexibility index (Phi) is 3.14. The summed E-state index contributed by atoms with van der Waals surface area (Å²) < 4.78 is 0. The van der Waals surface area contributed by atoms with Gasteiger partial charge in [-0.25, -0.2) is 0 Å². The molecule has 0 spiro atoms. The van der Waals surface area contributed by atoms with Crippen LogP contribution in [0.3, 0.4) is 0 Å². The van der Waals surface area contributed by atoms with Crippen molar-refractivity contribution in [3.05, 3.63) is 0 Å². The number of amides is 1. The molecule has 0 aromatic rings. The summed E-state index contributed by atoms with van der Waals surface area (Å²) >= 11 is 4.17. The van der Waals surface area contributed by atoms with Crippen LogP contribution in [-0.4, -0.2) is 38.0 Å². The zero-order valence-corrected chi connectivity index (χ0v) is 8.76. The number of thioether (sulfide) groups is 1. The van der Waals surface area contributed by atoms with Crippen LogP contribution in [0.2, 0.25) is 0 Å². The molecule has 0 aliphatic carbocycles. The summed E-state index contributed by atoms with van der Waals surface area (Å²) in [4.78, 5) is 22.6. The molecule has 1 amide bonds. The van der Waals surface area contributed by atoms with Gasteiger partial charge in [0.2, 0.25) is 5.91 Å². The van der Waals surface area contributed by atoms with Gasteiger partial charge in [-0.1, -0.05) is 27.7 Å². The third-order valence-corrected chi connectivity index (χ3v) is 3.86. The maximum Gasteiger partial charge on any atom is 0.242 e. The fourth-order valence-electron chi connectivity index (χ4n) is 0.925. The van der Waals surface area contributed by atoms with Gasteiger partial charge in [0, 0.05) is 6.92 Å². The van der Waals surface area contributed by atoms with Gasteiger partial charge < -0.3 is 10.0 Å². The first-order chi connectivity index (χ1) is 5.57. The van der Waals surface area contributed by atoms with E-state index >= 15 is 0 Å². The van der Waals surface area contributed by atoms with E-state index in [-0.39, 0.29) is 28.0 Å². The maximum absolute atomic E-state index is 11.0. The number of halogens is 1. The standard InChI is InChI=1S/C6H8BrNO3S/c1-3(10)12-6-4(7)5(11)8(6)2-9/h4,6,9H,2H2,1H3. The molecular weight excluding hydrogens is 246 g/mol. The van der Waals surface area contributed by atoms with Crippen LogP contribution in [-0.2, 0) is 9.59 Å². The Labute approximate surface area is 82.4 Å². The lowest BCUT2D eigenvalue weighted by atomic mass is 10.2. The largest absolute Gasteiger partial charge is 0.376 e. The first-order valence-corrected chi connectivity index (χ1v) is 5.10. The van der Waals surface area contributed by atoms with Crippen molar-refractivity contribution in [2.24, 2.45) is 0 Å². The first-order valence-electron chi connectivity index (χ1n) is 3.30. The number of alkyl halides is 1. The molecule has 1 heterocycles. The van der Waals surface area contributed by atoms with Gasteiger partial charge in [0.05, 0.1) is 0 Å². The predicted octanol–water partition coefficient (Wildman–Crippen LogP) is 0.148. The van der Waals surface area contributed by atoms with Crippen LogP contribution in [0.25, 0.3) is 0 Å². The molecule has 0 bridgehead atoms. The fourth-order valence-corrected chi connectivity index (χ4v) is 2.67. The van der Waals surface area contributed by atoms with Crippen molar-refractivity contribution in [2.45, 2.75) is 17.1 Å². The molecule has 0 aromatic carbocycles. The van der Waals surface area contributed by atoms with Crippen LogP contribution in [0, 0.1) is 0 Å². The summed E-state index contributed by atoms with van der Waals surface area (Å²) in [5.41, 5.74) is 0. The number of aliphatic hydroxyl groups excluding tert-OH is 1. The lowest BCUT2D eigenvalue weighted by Crippen LogP contribution is -2.60. The Morgan fingerprint density at radius 3 is 2.83 bits per heavy atom. The van der Waals surface area contributed by atoms with E-state index in [0.29, 0.717) is 0 Å². The van der Waals surface area contributed by atoms with E-state index in [1.165, 1.54) is 11.8 Å². The smallest absolute Gasteiger partial charge is 0.242 e. The number of nitrogens with zero attached hydrogens (tertiary/aromatic N) is 1. The van der Waals surface area contributed by atoms with Gasteiger partial charge in [0.1, 0.15) is 16.9 Å². The minimum Gasteiger partial charge on any atom is -0.376 e. The number of aliphatic hydroxyl groups is 1. The van der Waals surface area contributed by atoms with Crippen molar-refractivity contribution in [3.63, 3.8) is 0 Å². The average molecular weight is 254 g/mol. The van der Waals surface area contributed by atoms with Crippen LogP contribution >= 0.6 is 27.7 Å². The van der Waals surface area contributed by atoms with Gasteiger partial charge in [-0.3, -0.25) is 9.59 Å². The Hall–Kier alpha value is -0.0700. The van der Waals surface area contributed by atoms with Gasteiger partial charge >= 0.3 is 0 Å². The van der Waals surface area contributed by atoms with Crippen LogP contribution < -0.4 is 0 Å². The van der Waals surface area contributed by atoms with Gasteiger partial charge in [-0.05, 0) is 0 Å². The first kappa shape index (κ1) is 10.0. The Morgan fingerprint density at radius 1 is 1.83 bits per heavy atom. The monoisotopic (exact) mass is 253 g/mol. The minimum absolute atomic E-state index is 0.0598. The molecule has 4 nitrogen and oxygen atoms in total. The molecule has 1 aliphatic rings. The number of hydrogen-bond acceptors (Lipinski definition) is 4. The SMILES string of the molecule is CC(=O)SC1C(Br)C(=O)N1CO. The minimum atomic E-state index is -0.335. The van der Waals surface area contributed by atoms with E-state index in [0.717, 1.165) is 11.8 Å². The number of carbonyl (C=O) groups excluding carboxylic acids is 2. The highest BCUT2D eigenvalue weighted by Gasteiger charge is 2.46. The summed E-state index contributed by atoms with van der Waals surface area (Å²) in [6.45, 7) is 1.11. The second-order valence-corrected chi connectivity index (χ2v) is 4.63. The van der Waals surface area contributed by atoms with Crippen molar-refractivity contribution in [1.29, 1.82) is 0 Å². The lowest BCUT2D eigenvalue weighted by Gasteiger charge is -2.41. The molecule has 1 saturated heterocycles. The molecule has 12 heavy (non-hydrogen) atoms. The van der Waals surface area contributed by atoms with Crippen LogP contribution in [0.5, 0.6) is 0 Å². The molecular formula is C6H8BrNO3S. The Bertz CT molecular complexity index is 223. The zero-order valence-electron chi connectivity index (χ0n) is 6.36. The molecule has 68 valence electrons. The van der Waals surface area contributed by atoms with Gasteiger partial charge in [-0.2, -0.15) is 0 Å². The number of hydrogen-bond donors (Lipinski definition) is 1. The van der Waals surface area contributed by atoms with E-state index in [9.17, 15) is 9.59 Å². The second kappa shape index (κ2) is 3.76. The van der Waals surface area contributed by atoms with Crippen molar-refractivity contribution in [3.8, 4) is 0 Å². The molecule has 0 aromatic heterocycles. The third kappa shape index (κ3) is 1.65. The topological polar surface area (TPSA) is 57.6 Å². The van der Waals surface area contributed by atoms with Gasteiger partial charge in [0.25, 0.3) is 0 Å². The van der Waals surface area contributed by atoms with Crippen LogP contribution in [0.15, 0.2) is 0 Å². The Morgan fingerprint density at radius 2 is 2.42 bits per heavy atom. The number of β-lactam (4-membered cyclic amide) rings is 1. The quantitative estimate of drug-likeness (QED) is 0.563. The molecule has 1 fully saturated rings. The summed E-state index contributed by atoms with van der Waals surface area (Å²) in [5, 5.41) is 8.41. The van der Waals surface area contributed by atoms with Crippen molar-refractivity contribution in [1.82, 2.24) is 4.90 Å². The van der Waals surface area contributed by atoms with Crippen molar-refractivity contribution < 1.29 is 14.7 Å². The summed E-state index contributed by atoms with van der Waals surface area (Å²) in [6, 6.07) is 0. The van der Waals surface area contributed by atoms with E-state index in [2.05, 4.69) is 15.9 Å². The lowest BCUT2D eigenvalue weighted by molar-refractivity contribution is -0.145. The second-order valence-electron chi connectivity index (χ2n) is 2.35. The maximum atomic E-state index is 11.0. The highest BCUT2D eigenvalue weighted by atomic mass is 79.9. The molecule has 1 N–H and O–H groups in total. The van der Waals surface area contributed by atoms with E-state index in [1.807, 2.05) is 0 Å². The number of likely N-dealkylation sites (tertiary alicyclic amines) is 1. The Balaban J connectivity index is 2.54. The number of rotatable bonds is 2. The van der Waals surface area contributed by atoms with E-state index in [1.54, 1.807) is 0 Å². The van der Waals surface area contributed by atoms with E-state index < -0.39 is 0 Å². The number of carbonyl (C=O) groups is 2.